The van der Waals surface area contributed by atoms with Crippen LogP contribution in [-0.4, -0.2) is 7.05 Å². The summed E-state index contributed by atoms with van der Waals surface area (Å²) in [6.45, 7) is 0. The van der Waals surface area contributed by atoms with E-state index in [0.717, 1.165) is 18.2 Å². The van der Waals surface area contributed by atoms with Crippen LogP contribution in [0.2, 0.25) is 0 Å². The van der Waals surface area contributed by atoms with Crippen molar-refractivity contribution in [1.29, 1.82) is 0 Å². The molecule has 1 nitrogen and oxygen atoms in total. The third-order valence-electron chi connectivity index (χ3n) is 2.85. The summed E-state index contributed by atoms with van der Waals surface area (Å²) < 4.78 is 41.5. The number of hydrogen-bond acceptors (Lipinski definition) is 1. The van der Waals surface area contributed by atoms with Crippen molar-refractivity contribution >= 4 is 15.9 Å². The first kappa shape index (κ1) is 14.1. The summed E-state index contributed by atoms with van der Waals surface area (Å²) in [7, 11) is 1.56. The van der Waals surface area contributed by atoms with Gasteiger partial charge in [0.05, 0.1) is 6.04 Å². The van der Waals surface area contributed by atoms with Crippen LogP contribution in [0.5, 0.6) is 0 Å². The van der Waals surface area contributed by atoms with Crippen molar-refractivity contribution in [2.24, 2.45) is 0 Å². The lowest BCUT2D eigenvalue weighted by Gasteiger charge is -2.20. The average Bonchev–Trinajstić information content (AvgIpc) is 2.37. The van der Waals surface area contributed by atoms with Crippen molar-refractivity contribution < 1.29 is 13.2 Å². The third-order valence-corrected chi connectivity index (χ3v) is 3.54. The maximum Gasteiger partial charge on any atom is 0.129 e. The highest BCUT2D eigenvalue weighted by atomic mass is 79.9. The van der Waals surface area contributed by atoms with Crippen LogP contribution in [0.4, 0.5) is 13.2 Å². The monoisotopic (exact) mass is 329 g/mol. The van der Waals surface area contributed by atoms with Crippen LogP contribution in [0, 0.1) is 17.5 Å². The first-order valence-corrected chi connectivity index (χ1v) is 6.40. The van der Waals surface area contributed by atoms with Crippen molar-refractivity contribution in [1.82, 2.24) is 5.32 Å². The average molecular weight is 330 g/mol. The van der Waals surface area contributed by atoms with Gasteiger partial charge in [-0.25, -0.2) is 13.2 Å². The minimum atomic E-state index is -0.772. The molecular weight excluding hydrogens is 319 g/mol. The van der Waals surface area contributed by atoms with Gasteiger partial charge in [0, 0.05) is 15.6 Å². The van der Waals surface area contributed by atoms with Gasteiger partial charge in [0.2, 0.25) is 0 Å². The first-order chi connectivity index (χ1) is 9.04. The molecule has 0 fully saturated rings. The van der Waals surface area contributed by atoms with Crippen LogP contribution in [0.3, 0.4) is 0 Å². The molecule has 1 atom stereocenters. The van der Waals surface area contributed by atoms with E-state index in [-0.39, 0.29) is 11.1 Å². The highest BCUT2D eigenvalue weighted by Crippen LogP contribution is 2.32. The Labute approximate surface area is 117 Å². The molecule has 100 valence electrons. The maximum atomic E-state index is 13.9. The van der Waals surface area contributed by atoms with Crippen LogP contribution >= 0.6 is 15.9 Å². The minimum Gasteiger partial charge on any atom is -0.309 e. The summed E-state index contributed by atoms with van der Waals surface area (Å²) in [4.78, 5) is 0. The van der Waals surface area contributed by atoms with Crippen LogP contribution in [-0.2, 0) is 0 Å². The normalized spacial score (nSPS) is 12.5. The van der Waals surface area contributed by atoms with Crippen LogP contribution in [0.15, 0.2) is 40.9 Å². The van der Waals surface area contributed by atoms with Gasteiger partial charge in [-0.15, -0.1) is 0 Å². The maximum absolute atomic E-state index is 13.9. The molecule has 19 heavy (non-hydrogen) atoms. The standard InChI is InChI=1S/C14H11BrF3N/c1-19-14(9-7-8(16)5-6-11(9)17)13-10(15)3-2-4-12(13)18/h2-7,14,19H,1H3. The van der Waals surface area contributed by atoms with E-state index in [1.165, 1.54) is 12.1 Å². The lowest BCUT2D eigenvalue weighted by atomic mass is 9.97. The molecule has 0 saturated heterocycles. The Bertz CT molecular complexity index is 581. The molecule has 1 N–H and O–H groups in total. The molecule has 0 aliphatic heterocycles. The number of nitrogens with one attached hydrogen (secondary N) is 1. The summed E-state index contributed by atoms with van der Waals surface area (Å²) in [6, 6.07) is 6.83. The van der Waals surface area contributed by atoms with E-state index in [4.69, 9.17) is 0 Å². The van der Waals surface area contributed by atoms with Gasteiger partial charge in [0.1, 0.15) is 17.5 Å². The Morgan fingerprint density at radius 3 is 2.42 bits per heavy atom. The van der Waals surface area contributed by atoms with Gasteiger partial charge in [-0.05, 0) is 37.4 Å². The quantitative estimate of drug-likeness (QED) is 0.890. The van der Waals surface area contributed by atoms with Gasteiger partial charge in [0.15, 0.2) is 0 Å². The molecule has 2 aromatic rings. The van der Waals surface area contributed by atoms with Crippen molar-refractivity contribution in [2.45, 2.75) is 6.04 Å². The van der Waals surface area contributed by atoms with Crippen LogP contribution in [0.25, 0.3) is 0 Å². The molecule has 0 radical (unpaired) electrons. The SMILES string of the molecule is CNC(c1cc(F)ccc1F)c1c(F)cccc1Br. The summed E-state index contributed by atoms with van der Waals surface area (Å²) in [5, 5.41) is 2.81. The van der Waals surface area contributed by atoms with E-state index in [1.54, 1.807) is 13.1 Å². The second kappa shape index (κ2) is 5.75. The number of halogens is 4. The van der Waals surface area contributed by atoms with E-state index >= 15 is 0 Å². The molecule has 0 heterocycles. The third kappa shape index (κ3) is 2.82. The van der Waals surface area contributed by atoms with E-state index in [2.05, 4.69) is 21.2 Å². The lowest BCUT2D eigenvalue weighted by Crippen LogP contribution is -2.21. The fourth-order valence-corrected chi connectivity index (χ4v) is 2.55. The number of rotatable bonds is 3. The topological polar surface area (TPSA) is 12.0 Å². The van der Waals surface area contributed by atoms with E-state index in [1.807, 2.05) is 0 Å². The Morgan fingerprint density at radius 1 is 1.05 bits per heavy atom. The van der Waals surface area contributed by atoms with Crippen LogP contribution in [0.1, 0.15) is 17.2 Å². The first-order valence-electron chi connectivity index (χ1n) is 5.60. The zero-order chi connectivity index (χ0) is 14.0. The van der Waals surface area contributed by atoms with Gasteiger partial charge in [-0.1, -0.05) is 22.0 Å². The Kier molecular flexibility index (Phi) is 4.27. The number of hydrogen-bond donors (Lipinski definition) is 1. The van der Waals surface area contributed by atoms with E-state index < -0.39 is 23.5 Å². The van der Waals surface area contributed by atoms with Crippen molar-refractivity contribution in [3.63, 3.8) is 0 Å². The molecule has 2 rings (SSSR count). The molecule has 0 amide bonds. The van der Waals surface area contributed by atoms with Gasteiger partial charge in [-0.2, -0.15) is 0 Å². The van der Waals surface area contributed by atoms with Crippen molar-refractivity contribution in [3.8, 4) is 0 Å². The second-order valence-electron chi connectivity index (χ2n) is 4.02. The second-order valence-corrected chi connectivity index (χ2v) is 4.88. The molecule has 2 aromatic carbocycles. The lowest BCUT2D eigenvalue weighted by molar-refractivity contribution is 0.535. The molecule has 1 unspecified atom stereocenters. The molecule has 0 aromatic heterocycles. The zero-order valence-corrected chi connectivity index (χ0v) is 11.6. The summed E-state index contributed by atoms with van der Waals surface area (Å²) >= 11 is 3.23. The predicted molar refractivity (Wildman–Crippen MR) is 71.4 cm³/mol. The Hall–Kier alpha value is -1.33. The fraction of sp³-hybridized carbons (Fsp3) is 0.143. The van der Waals surface area contributed by atoms with E-state index in [0.29, 0.717) is 4.47 Å². The van der Waals surface area contributed by atoms with Gasteiger partial charge < -0.3 is 5.32 Å². The molecule has 0 bridgehead atoms. The minimum absolute atomic E-state index is 0.0632. The Morgan fingerprint density at radius 2 is 1.79 bits per heavy atom. The van der Waals surface area contributed by atoms with Gasteiger partial charge in [-0.3, -0.25) is 0 Å². The summed E-state index contributed by atoms with van der Waals surface area (Å²) in [5.74, 6) is -1.64. The summed E-state index contributed by atoms with van der Waals surface area (Å²) in [6.07, 6.45) is 0. The Balaban J connectivity index is 2.59. The molecule has 0 aliphatic carbocycles. The highest BCUT2D eigenvalue weighted by molar-refractivity contribution is 9.10. The fourth-order valence-electron chi connectivity index (χ4n) is 1.98. The largest absolute Gasteiger partial charge is 0.309 e. The van der Waals surface area contributed by atoms with Crippen molar-refractivity contribution in [2.75, 3.05) is 7.05 Å². The molecule has 0 aliphatic rings. The molecule has 0 spiro atoms. The van der Waals surface area contributed by atoms with Gasteiger partial charge in [0.25, 0.3) is 0 Å². The smallest absolute Gasteiger partial charge is 0.129 e. The molecule has 0 saturated carbocycles. The molecule has 5 heteroatoms. The van der Waals surface area contributed by atoms with E-state index in [9.17, 15) is 13.2 Å². The number of benzene rings is 2. The molecular formula is C14H11BrF3N. The summed E-state index contributed by atoms with van der Waals surface area (Å²) in [5.41, 5.74) is 0.308. The van der Waals surface area contributed by atoms with Gasteiger partial charge >= 0.3 is 0 Å². The predicted octanol–water partition coefficient (Wildman–Crippen LogP) is 4.18. The zero-order valence-electron chi connectivity index (χ0n) is 10.1. The highest BCUT2D eigenvalue weighted by Gasteiger charge is 2.22. The van der Waals surface area contributed by atoms with Crippen LogP contribution < -0.4 is 5.32 Å². The van der Waals surface area contributed by atoms with Crippen molar-refractivity contribution in [3.05, 3.63) is 69.4 Å².